The number of carboxylic acids is 1. The predicted octanol–water partition coefficient (Wildman–Crippen LogP) is 5.39. The van der Waals surface area contributed by atoms with Crippen molar-refractivity contribution in [3.63, 3.8) is 0 Å². The molecule has 0 bridgehead atoms. The molecule has 2 N–H and O–H groups in total. The topological polar surface area (TPSA) is 99.2 Å². The van der Waals surface area contributed by atoms with Crippen LogP contribution >= 0.6 is 0 Å². The number of rotatable bonds is 10. The third-order valence-corrected chi connectivity index (χ3v) is 7.55. The fourth-order valence-corrected chi connectivity index (χ4v) is 5.54. The third-order valence-electron chi connectivity index (χ3n) is 7.55. The van der Waals surface area contributed by atoms with Gasteiger partial charge in [0.1, 0.15) is 12.6 Å². The van der Waals surface area contributed by atoms with E-state index in [1.807, 2.05) is 78.7 Å². The largest absolute Gasteiger partial charge is 0.478 e. The van der Waals surface area contributed by atoms with Gasteiger partial charge in [-0.25, -0.2) is 9.59 Å². The van der Waals surface area contributed by atoms with Gasteiger partial charge in [0.15, 0.2) is 0 Å². The van der Waals surface area contributed by atoms with Crippen molar-refractivity contribution in [2.75, 3.05) is 32.1 Å². The van der Waals surface area contributed by atoms with E-state index in [2.05, 4.69) is 17.4 Å². The van der Waals surface area contributed by atoms with Gasteiger partial charge in [0.25, 0.3) is 5.91 Å². The number of likely N-dealkylation sites (N-methyl/N-ethyl adjacent to an activating group) is 2. The quantitative estimate of drug-likeness (QED) is 0.269. The lowest BCUT2D eigenvalue weighted by Gasteiger charge is -2.28. The summed E-state index contributed by atoms with van der Waals surface area (Å²) in [5, 5.41) is 12.4. The first-order valence-electron chi connectivity index (χ1n) is 13.8. The zero-order valence-electron chi connectivity index (χ0n) is 23.6. The molecule has 0 fully saturated rings. The summed E-state index contributed by atoms with van der Waals surface area (Å²) in [6, 6.07) is 31.2. The van der Waals surface area contributed by atoms with E-state index < -0.39 is 24.0 Å². The van der Waals surface area contributed by atoms with Gasteiger partial charge in [0.05, 0.1) is 11.3 Å². The van der Waals surface area contributed by atoms with Gasteiger partial charge in [-0.1, -0.05) is 91.0 Å². The maximum absolute atomic E-state index is 13.8. The van der Waals surface area contributed by atoms with E-state index in [1.54, 1.807) is 18.2 Å². The summed E-state index contributed by atoms with van der Waals surface area (Å²) >= 11 is 0. The van der Waals surface area contributed by atoms with Gasteiger partial charge < -0.3 is 20.1 Å². The minimum atomic E-state index is -1.15. The van der Waals surface area contributed by atoms with Crippen molar-refractivity contribution in [3.05, 3.63) is 125 Å². The molecule has 2 amide bonds. The number of anilines is 1. The number of carboxylic acid groups (broad SMARTS) is 1. The molecule has 8 nitrogen and oxygen atoms in total. The number of alkyl carbamates (subject to hydrolysis) is 1. The molecule has 0 saturated carbocycles. The van der Waals surface area contributed by atoms with Crippen LogP contribution in [0, 0.1) is 0 Å². The summed E-state index contributed by atoms with van der Waals surface area (Å²) in [5.74, 6) is -1.73. The summed E-state index contributed by atoms with van der Waals surface area (Å²) in [4.78, 5) is 42.0. The van der Waals surface area contributed by atoms with Crippen molar-refractivity contribution in [1.29, 1.82) is 0 Å². The van der Waals surface area contributed by atoms with E-state index in [-0.39, 0.29) is 30.3 Å². The maximum Gasteiger partial charge on any atom is 0.407 e. The highest BCUT2D eigenvalue weighted by Gasteiger charge is 2.31. The fourth-order valence-electron chi connectivity index (χ4n) is 5.54. The van der Waals surface area contributed by atoms with Crippen molar-refractivity contribution in [2.45, 2.75) is 18.5 Å². The molecule has 1 aliphatic carbocycles. The van der Waals surface area contributed by atoms with E-state index in [0.717, 1.165) is 27.8 Å². The SMILES string of the molecule is CN(Cc1ccccc1)CC(NC(=O)OCC1c2ccccc2-c2ccccc21)C(=O)N(C)c1ccccc1C(=O)O. The Labute approximate surface area is 245 Å². The van der Waals surface area contributed by atoms with E-state index in [0.29, 0.717) is 6.54 Å². The number of nitrogens with one attached hydrogen (secondary N) is 1. The van der Waals surface area contributed by atoms with Gasteiger partial charge in [0, 0.05) is 26.1 Å². The molecule has 0 spiro atoms. The lowest BCUT2D eigenvalue weighted by atomic mass is 9.98. The lowest BCUT2D eigenvalue weighted by Crippen LogP contribution is -2.53. The van der Waals surface area contributed by atoms with Crippen LogP contribution in [0.3, 0.4) is 0 Å². The number of carbonyl (C=O) groups is 3. The van der Waals surface area contributed by atoms with E-state index in [9.17, 15) is 19.5 Å². The van der Waals surface area contributed by atoms with Gasteiger partial charge in [0.2, 0.25) is 0 Å². The number of fused-ring (bicyclic) bond motifs is 3. The highest BCUT2D eigenvalue weighted by Crippen LogP contribution is 2.44. The molecule has 1 atom stereocenters. The van der Waals surface area contributed by atoms with Crippen LogP contribution in [0.5, 0.6) is 0 Å². The van der Waals surface area contributed by atoms with Crippen molar-refractivity contribution in [2.24, 2.45) is 0 Å². The zero-order valence-corrected chi connectivity index (χ0v) is 23.6. The predicted molar refractivity (Wildman–Crippen MR) is 162 cm³/mol. The standard InChI is InChI=1S/C34H33N3O5/c1-36(20-23-12-4-3-5-13-23)21-30(32(38)37(2)31-19-11-10-18-28(31)33(39)40)35-34(41)42-22-29-26-16-8-6-14-24(26)25-15-7-9-17-27(25)29/h3-19,29-30H,20-22H2,1-2H3,(H,35,41)(H,39,40). The molecular weight excluding hydrogens is 530 g/mol. The van der Waals surface area contributed by atoms with Crippen LogP contribution < -0.4 is 10.2 Å². The highest BCUT2D eigenvalue weighted by molar-refractivity contribution is 6.04. The van der Waals surface area contributed by atoms with Crippen molar-refractivity contribution in [3.8, 4) is 11.1 Å². The average Bonchev–Trinajstić information content (AvgIpc) is 3.33. The maximum atomic E-state index is 13.8. The second-order valence-corrected chi connectivity index (χ2v) is 10.4. The van der Waals surface area contributed by atoms with Crippen LogP contribution in [-0.4, -0.2) is 61.3 Å². The number of carbonyl (C=O) groups excluding carboxylic acids is 2. The molecule has 0 aliphatic heterocycles. The number of aromatic carboxylic acids is 1. The summed E-state index contributed by atoms with van der Waals surface area (Å²) < 4.78 is 5.73. The summed E-state index contributed by atoms with van der Waals surface area (Å²) in [6.07, 6.45) is -0.719. The molecule has 1 unspecified atom stereocenters. The number of benzene rings is 4. The normalized spacial score (nSPS) is 12.7. The molecule has 4 aromatic rings. The number of amides is 2. The van der Waals surface area contributed by atoms with Gasteiger partial charge in [-0.15, -0.1) is 0 Å². The third kappa shape index (κ3) is 6.19. The number of nitrogens with zero attached hydrogens (tertiary/aromatic N) is 2. The van der Waals surface area contributed by atoms with Crippen molar-refractivity contribution >= 4 is 23.7 Å². The van der Waals surface area contributed by atoms with Crippen LogP contribution in [0.25, 0.3) is 11.1 Å². The molecule has 0 aromatic heterocycles. The first-order valence-corrected chi connectivity index (χ1v) is 13.8. The molecule has 4 aromatic carbocycles. The van der Waals surface area contributed by atoms with Crippen LogP contribution in [0.1, 0.15) is 33.0 Å². The molecule has 214 valence electrons. The Morgan fingerprint density at radius 2 is 1.38 bits per heavy atom. The molecular formula is C34H33N3O5. The fraction of sp³-hybridized carbons (Fsp3) is 0.206. The molecule has 0 radical (unpaired) electrons. The number of ether oxygens (including phenoxy) is 1. The minimum absolute atomic E-state index is 0.00844. The number of hydrogen-bond donors (Lipinski definition) is 2. The Balaban J connectivity index is 1.33. The van der Waals surface area contributed by atoms with Crippen LogP contribution in [0.4, 0.5) is 10.5 Å². The van der Waals surface area contributed by atoms with Gasteiger partial charge in [-0.05, 0) is 47.0 Å². The van der Waals surface area contributed by atoms with E-state index in [4.69, 9.17) is 4.74 Å². The number of hydrogen-bond acceptors (Lipinski definition) is 5. The molecule has 8 heteroatoms. The van der Waals surface area contributed by atoms with E-state index in [1.165, 1.54) is 18.0 Å². The molecule has 0 heterocycles. The van der Waals surface area contributed by atoms with Gasteiger partial charge in [-0.2, -0.15) is 0 Å². The number of para-hydroxylation sites is 1. The molecule has 42 heavy (non-hydrogen) atoms. The van der Waals surface area contributed by atoms with E-state index >= 15 is 0 Å². The summed E-state index contributed by atoms with van der Waals surface area (Å²) in [7, 11) is 3.37. The Bertz CT molecular complexity index is 1540. The molecule has 5 rings (SSSR count). The van der Waals surface area contributed by atoms with Gasteiger partial charge >= 0.3 is 12.1 Å². The van der Waals surface area contributed by atoms with Crippen LogP contribution in [-0.2, 0) is 16.1 Å². The van der Waals surface area contributed by atoms with Crippen molar-refractivity contribution < 1.29 is 24.2 Å². The Hall–Kier alpha value is -4.95. The van der Waals surface area contributed by atoms with Crippen LogP contribution in [0.2, 0.25) is 0 Å². The van der Waals surface area contributed by atoms with Crippen molar-refractivity contribution in [1.82, 2.24) is 10.2 Å². The second-order valence-electron chi connectivity index (χ2n) is 10.4. The first-order chi connectivity index (χ1) is 20.3. The van der Waals surface area contributed by atoms with Crippen LogP contribution in [0.15, 0.2) is 103 Å². The molecule has 0 saturated heterocycles. The second kappa shape index (κ2) is 12.7. The first kappa shape index (κ1) is 28.6. The molecule has 1 aliphatic rings. The summed E-state index contributed by atoms with van der Waals surface area (Å²) in [5.41, 5.74) is 5.70. The Kier molecular flexibility index (Phi) is 8.64. The average molecular weight is 564 g/mol. The monoisotopic (exact) mass is 563 g/mol. The summed E-state index contributed by atoms with van der Waals surface area (Å²) in [6.45, 7) is 0.836. The minimum Gasteiger partial charge on any atom is -0.478 e. The highest BCUT2D eigenvalue weighted by atomic mass is 16.5. The smallest absolute Gasteiger partial charge is 0.407 e. The Morgan fingerprint density at radius 1 is 0.810 bits per heavy atom. The van der Waals surface area contributed by atoms with Gasteiger partial charge in [-0.3, -0.25) is 9.69 Å². The lowest BCUT2D eigenvalue weighted by molar-refractivity contribution is -0.120. The zero-order chi connectivity index (χ0) is 29.6. The Morgan fingerprint density at radius 3 is 2.02 bits per heavy atom.